The first-order chi connectivity index (χ1) is 14.1. The summed E-state index contributed by atoms with van der Waals surface area (Å²) in [7, 11) is 0. The molecule has 0 saturated heterocycles. The summed E-state index contributed by atoms with van der Waals surface area (Å²) in [4.78, 5) is 0. The first-order valence-corrected chi connectivity index (χ1v) is 11.4. The second-order valence-electron chi connectivity index (χ2n) is 8.45. The minimum Gasteiger partial charge on any atom is -0.203 e. The summed E-state index contributed by atoms with van der Waals surface area (Å²) < 4.78 is 29.0. The van der Waals surface area contributed by atoms with Crippen molar-refractivity contribution in [1.82, 2.24) is 0 Å². The van der Waals surface area contributed by atoms with E-state index in [-0.39, 0.29) is 0 Å². The van der Waals surface area contributed by atoms with Gasteiger partial charge in [0.05, 0.1) is 0 Å². The van der Waals surface area contributed by atoms with Crippen molar-refractivity contribution < 1.29 is 8.78 Å². The Morgan fingerprint density at radius 3 is 2.21 bits per heavy atom. The van der Waals surface area contributed by atoms with Crippen LogP contribution in [0.3, 0.4) is 0 Å². The highest BCUT2D eigenvalue weighted by molar-refractivity contribution is 5.71. The van der Waals surface area contributed by atoms with Gasteiger partial charge in [-0.2, -0.15) is 0 Å². The second-order valence-corrected chi connectivity index (χ2v) is 8.45. The Kier molecular flexibility index (Phi) is 8.03. The summed E-state index contributed by atoms with van der Waals surface area (Å²) in [5, 5.41) is 0. The standard InChI is InChI=1S/C27H34F2/c1-3-5-7-8-20-10-12-21(13-11-20)22-14-16-23(17-15-22)25-19-18-24(9-6-4-2)26(28)27(25)29/h12,14-20H,3-11,13H2,1-2H3. The van der Waals surface area contributed by atoms with Crippen molar-refractivity contribution in [3.05, 3.63) is 65.2 Å². The van der Waals surface area contributed by atoms with E-state index in [1.54, 1.807) is 12.1 Å². The first-order valence-electron chi connectivity index (χ1n) is 11.4. The third-order valence-electron chi connectivity index (χ3n) is 6.26. The third-order valence-corrected chi connectivity index (χ3v) is 6.26. The quantitative estimate of drug-likeness (QED) is 0.372. The molecule has 1 unspecified atom stereocenters. The summed E-state index contributed by atoms with van der Waals surface area (Å²) in [6, 6.07) is 11.4. The number of benzene rings is 2. The summed E-state index contributed by atoms with van der Waals surface area (Å²) in [5.41, 5.74) is 4.17. The van der Waals surface area contributed by atoms with Gasteiger partial charge in [0, 0.05) is 5.56 Å². The van der Waals surface area contributed by atoms with E-state index in [9.17, 15) is 8.78 Å². The fraction of sp³-hybridized carbons (Fsp3) is 0.481. The van der Waals surface area contributed by atoms with Crippen LogP contribution >= 0.6 is 0 Å². The van der Waals surface area contributed by atoms with Gasteiger partial charge in [0.25, 0.3) is 0 Å². The molecule has 29 heavy (non-hydrogen) atoms. The van der Waals surface area contributed by atoms with Crippen LogP contribution < -0.4 is 0 Å². The van der Waals surface area contributed by atoms with Crippen molar-refractivity contribution in [1.29, 1.82) is 0 Å². The largest absolute Gasteiger partial charge is 0.203 e. The maximum absolute atomic E-state index is 14.6. The van der Waals surface area contributed by atoms with Crippen molar-refractivity contribution >= 4 is 5.57 Å². The van der Waals surface area contributed by atoms with Crippen LogP contribution in [0.15, 0.2) is 42.5 Å². The van der Waals surface area contributed by atoms with Gasteiger partial charge in [-0.05, 0) is 60.3 Å². The Balaban J connectivity index is 1.69. The normalized spacial score (nSPS) is 16.7. The molecule has 0 heterocycles. The van der Waals surface area contributed by atoms with Crippen molar-refractivity contribution in [3.63, 3.8) is 0 Å². The fourth-order valence-electron chi connectivity index (χ4n) is 4.33. The summed E-state index contributed by atoms with van der Waals surface area (Å²) in [6.45, 7) is 4.31. The summed E-state index contributed by atoms with van der Waals surface area (Å²) in [5.74, 6) is -0.588. The monoisotopic (exact) mass is 396 g/mol. The minimum atomic E-state index is -0.724. The van der Waals surface area contributed by atoms with Gasteiger partial charge in [0.1, 0.15) is 0 Å². The van der Waals surface area contributed by atoms with Gasteiger partial charge >= 0.3 is 0 Å². The lowest BCUT2D eigenvalue weighted by molar-refractivity contribution is 0.428. The first kappa shape index (κ1) is 21.7. The Morgan fingerprint density at radius 1 is 0.828 bits per heavy atom. The Morgan fingerprint density at radius 2 is 1.55 bits per heavy atom. The molecule has 0 aromatic heterocycles. The SMILES string of the molecule is CCCCCC1CC=C(c2ccc(-c3ccc(CCCC)c(F)c3F)cc2)CC1. The molecule has 0 spiro atoms. The van der Waals surface area contributed by atoms with Crippen LogP contribution in [0.5, 0.6) is 0 Å². The molecule has 0 saturated carbocycles. The number of unbranched alkanes of at least 4 members (excludes halogenated alkanes) is 3. The van der Waals surface area contributed by atoms with Crippen LogP contribution in [-0.4, -0.2) is 0 Å². The lowest BCUT2D eigenvalue weighted by atomic mass is 9.83. The molecule has 2 aromatic rings. The second kappa shape index (κ2) is 10.7. The van der Waals surface area contributed by atoms with E-state index in [0.717, 1.165) is 30.7 Å². The van der Waals surface area contributed by atoms with Gasteiger partial charge in [0.15, 0.2) is 11.6 Å². The average molecular weight is 397 g/mol. The van der Waals surface area contributed by atoms with E-state index in [1.165, 1.54) is 49.7 Å². The number of rotatable bonds is 9. The fourth-order valence-corrected chi connectivity index (χ4v) is 4.33. The van der Waals surface area contributed by atoms with E-state index in [2.05, 4.69) is 32.1 Å². The maximum Gasteiger partial charge on any atom is 0.166 e. The topological polar surface area (TPSA) is 0 Å². The highest BCUT2D eigenvalue weighted by Crippen LogP contribution is 2.34. The van der Waals surface area contributed by atoms with Gasteiger partial charge in [-0.1, -0.05) is 88.4 Å². The summed E-state index contributed by atoms with van der Waals surface area (Å²) in [6.07, 6.45) is 13.7. The molecular formula is C27H34F2. The molecule has 0 fully saturated rings. The molecule has 1 aliphatic rings. The van der Waals surface area contributed by atoms with Crippen LogP contribution in [0, 0.1) is 17.6 Å². The van der Waals surface area contributed by atoms with E-state index in [4.69, 9.17) is 0 Å². The van der Waals surface area contributed by atoms with Crippen LogP contribution in [0.1, 0.15) is 82.8 Å². The predicted molar refractivity (Wildman–Crippen MR) is 120 cm³/mol. The van der Waals surface area contributed by atoms with Crippen molar-refractivity contribution in [2.75, 3.05) is 0 Å². The molecule has 0 radical (unpaired) electrons. The van der Waals surface area contributed by atoms with Crippen molar-refractivity contribution in [2.45, 2.75) is 78.1 Å². The van der Waals surface area contributed by atoms with Gasteiger partial charge in [-0.25, -0.2) is 8.78 Å². The lowest BCUT2D eigenvalue weighted by Gasteiger charge is -2.22. The Hall–Kier alpha value is -1.96. The molecule has 0 bridgehead atoms. The van der Waals surface area contributed by atoms with Gasteiger partial charge in [-0.15, -0.1) is 0 Å². The average Bonchev–Trinajstić information content (AvgIpc) is 2.76. The van der Waals surface area contributed by atoms with E-state index >= 15 is 0 Å². The Bertz CT molecular complexity index is 817. The van der Waals surface area contributed by atoms with E-state index in [0.29, 0.717) is 17.5 Å². The predicted octanol–water partition coefficient (Wildman–Crippen LogP) is 8.74. The smallest absolute Gasteiger partial charge is 0.166 e. The highest BCUT2D eigenvalue weighted by atomic mass is 19.2. The van der Waals surface area contributed by atoms with Gasteiger partial charge in [-0.3, -0.25) is 0 Å². The van der Waals surface area contributed by atoms with Gasteiger partial charge < -0.3 is 0 Å². The number of halogens is 2. The van der Waals surface area contributed by atoms with E-state index < -0.39 is 11.6 Å². The van der Waals surface area contributed by atoms with Crippen LogP contribution in [-0.2, 0) is 6.42 Å². The molecule has 1 atom stereocenters. The molecule has 1 aliphatic carbocycles. The number of hydrogen-bond donors (Lipinski definition) is 0. The maximum atomic E-state index is 14.6. The number of aryl methyl sites for hydroxylation is 1. The van der Waals surface area contributed by atoms with Crippen molar-refractivity contribution in [2.24, 2.45) is 5.92 Å². The summed E-state index contributed by atoms with van der Waals surface area (Å²) >= 11 is 0. The third kappa shape index (κ3) is 5.56. The molecule has 0 aliphatic heterocycles. The molecule has 0 N–H and O–H groups in total. The van der Waals surface area contributed by atoms with E-state index in [1.807, 2.05) is 12.1 Å². The molecule has 0 amide bonds. The van der Waals surface area contributed by atoms with Crippen LogP contribution in [0.4, 0.5) is 8.78 Å². The zero-order valence-electron chi connectivity index (χ0n) is 17.9. The molecule has 2 aromatic carbocycles. The van der Waals surface area contributed by atoms with Crippen LogP contribution in [0.2, 0.25) is 0 Å². The molecule has 2 heteroatoms. The minimum absolute atomic E-state index is 0.350. The number of allylic oxidation sites excluding steroid dienone is 2. The Labute approximate surface area is 175 Å². The number of hydrogen-bond acceptors (Lipinski definition) is 0. The molecule has 3 rings (SSSR count). The molecule has 0 nitrogen and oxygen atoms in total. The van der Waals surface area contributed by atoms with Crippen molar-refractivity contribution in [3.8, 4) is 11.1 Å². The van der Waals surface area contributed by atoms with Gasteiger partial charge in [0.2, 0.25) is 0 Å². The molecular weight excluding hydrogens is 362 g/mol. The molecule has 156 valence electrons. The zero-order chi connectivity index (χ0) is 20.6. The highest BCUT2D eigenvalue weighted by Gasteiger charge is 2.17. The zero-order valence-corrected chi connectivity index (χ0v) is 17.9. The van der Waals surface area contributed by atoms with Crippen LogP contribution in [0.25, 0.3) is 16.7 Å². The lowest BCUT2D eigenvalue weighted by Crippen LogP contribution is -2.05.